The number of benzene rings is 1. The SMILES string of the molecule is CCOC(=O)/C(C#N)=c1\s/c(=C(/O)N/N=C(\C)c2ccncc2)c(=N)n1-c1ccccc1. The van der Waals surface area contributed by atoms with Gasteiger partial charge >= 0.3 is 5.97 Å². The van der Waals surface area contributed by atoms with Crippen LogP contribution in [0.2, 0.25) is 0 Å². The van der Waals surface area contributed by atoms with Gasteiger partial charge in [-0.3, -0.25) is 15.0 Å². The van der Waals surface area contributed by atoms with E-state index < -0.39 is 5.97 Å². The smallest absolute Gasteiger partial charge is 0.351 e. The lowest BCUT2D eigenvalue weighted by Crippen LogP contribution is -2.34. The van der Waals surface area contributed by atoms with Crippen LogP contribution >= 0.6 is 11.3 Å². The molecule has 0 atom stereocenters. The molecule has 0 aliphatic heterocycles. The summed E-state index contributed by atoms with van der Waals surface area (Å²) in [6.45, 7) is 3.49. The third-order valence-electron chi connectivity index (χ3n) is 4.30. The number of esters is 1. The van der Waals surface area contributed by atoms with E-state index in [-0.39, 0.29) is 32.7 Å². The molecule has 9 nitrogen and oxygen atoms in total. The number of carbonyl (C=O) groups is 1. The van der Waals surface area contributed by atoms with Gasteiger partial charge in [0.05, 0.1) is 12.3 Å². The first-order valence-corrected chi connectivity index (χ1v) is 10.4. The van der Waals surface area contributed by atoms with Crippen LogP contribution in [0.5, 0.6) is 0 Å². The Kier molecular flexibility index (Phi) is 7.15. The molecule has 0 aliphatic carbocycles. The molecule has 10 heteroatoms. The van der Waals surface area contributed by atoms with Crippen molar-refractivity contribution in [3.8, 4) is 11.8 Å². The highest BCUT2D eigenvalue weighted by atomic mass is 32.1. The molecule has 2 aromatic heterocycles. The van der Waals surface area contributed by atoms with Crippen LogP contribution in [0.4, 0.5) is 0 Å². The predicted octanol–water partition coefficient (Wildman–Crippen LogP) is 1.29. The lowest BCUT2D eigenvalue weighted by atomic mass is 10.2. The van der Waals surface area contributed by atoms with Gasteiger partial charge in [-0.25, -0.2) is 10.2 Å². The Morgan fingerprint density at radius 3 is 2.62 bits per heavy atom. The third-order valence-corrected chi connectivity index (χ3v) is 5.47. The van der Waals surface area contributed by atoms with Gasteiger partial charge in [0, 0.05) is 23.6 Å². The van der Waals surface area contributed by atoms with Crippen molar-refractivity contribution in [2.24, 2.45) is 5.10 Å². The fraction of sp³-hybridized carbons (Fsp3) is 0.136. The number of nitrogens with one attached hydrogen (secondary N) is 2. The van der Waals surface area contributed by atoms with Crippen molar-refractivity contribution in [1.29, 1.82) is 10.7 Å². The molecular formula is C22H20N6O3S. The quantitative estimate of drug-likeness (QED) is 0.295. The molecule has 0 aliphatic rings. The number of thiazole rings is 1. The zero-order valence-electron chi connectivity index (χ0n) is 17.4. The number of para-hydroxylation sites is 1. The van der Waals surface area contributed by atoms with Crippen LogP contribution in [0, 0.1) is 16.7 Å². The Morgan fingerprint density at radius 1 is 1.31 bits per heavy atom. The number of nitriles is 1. The van der Waals surface area contributed by atoms with Crippen molar-refractivity contribution in [1.82, 2.24) is 15.0 Å². The van der Waals surface area contributed by atoms with Gasteiger partial charge < -0.3 is 9.84 Å². The summed E-state index contributed by atoms with van der Waals surface area (Å²) in [5, 5.41) is 33.0. The monoisotopic (exact) mass is 448 g/mol. The molecule has 0 fully saturated rings. The average Bonchev–Trinajstić information content (AvgIpc) is 3.15. The maximum absolute atomic E-state index is 12.4. The molecule has 162 valence electrons. The van der Waals surface area contributed by atoms with E-state index in [1.165, 1.54) is 4.57 Å². The van der Waals surface area contributed by atoms with E-state index in [1.807, 2.05) is 12.1 Å². The highest BCUT2D eigenvalue weighted by Crippen LogP contribution is 2.04. The van der Waals surface area contributed by atoms with Crippen LogP contribution < -0.4 is 20.1 Å². The van der Waals surface area contributed by atoms with E-state index in [1.54, 1.807) is 62.6 Å². The van der Waals surface area contributed by atoms with Crippen LogP contribution in [-0.4, -0.2) is 32.9 Å². The third kappa shape index (κ3) is 4.74. The second-order valence-electron chi connectivity index (χ2n) is 6.36. The number of aromatic nitrogens is 2. The average molecular weight is 449 g/mol. The Bertz CT molecular complexity index is 1370. The minimum atomic E-state index is -0.800. The number of rotatable bonds is 6. The molecule has 0 amide bonds. The van der Waals surface area contributed by atoms with Gasteiger partial charge in [0.1, 0.15) is 15.3 Å². The topological polar surface area (TPSA) is 136 Å². The highest BCUT2D eigenvalue weighted by molar-refractivity contribution is 7.07. The number of nitrogens with zero attached hydrogens (tertiary/aromatic N) is 4. The van der Waals surface area contributed by atoms with Gasteiger partial charge in [0.25, 0.3) is 0 Å². The van der Waals surface area contributed by atoms with Crippen LogP contribution in [0.3, 0.4) is 0 Å². The van der Waals surface area contributed by atoms with Crippen molar-refractivity contribution in [3.05, 3.63) is 75.1 Å². The van der Waals surface area contributed by atoms with Crippen molar-refractivity contribution in [3.63, 3.8) is 0 Å². The molecule has 0 saturated heterocycles. The van der Waals surface area contributed by atoms with Gasteiger partial charge in [0.2, 0.25) is 5.88 Å². The fourth-order valence-corrected chi connectivity index (χ4v) is 3.81. The number of pyridine rings is 1. The van der Waals surface area contributed by atoms with Crippen molar-refractivity contribution >= 4 is 34.5 Å². The lowest BCUT2D eigenvalue weighted by Gasteiger charge is -2.04. The molecule has 2 heterocycles. The molecule has 32 heavy (non-hydrogen) atoms. The largest absolute Gasteiger partial charge is 0.493 e. The van der Waals surface area contributed by atoms with E-state index in [9.17, 15) is 15.2 Å². The zero-order valence-corrected chi connectivity index (χ0v) is 18.2. The normalized spacial score (nSPS) is 13.1. The summed E-state index contributed by atoms with van der Waals surface area (Å²) < 4.78 is 6.68. The maximum Gasteiger partial charge on any atom is 0.351 e. The molecule has 0 unspecified atom stereocenters. The summed E-state index contributed by atoms with van der Waals surface area (Å²) in [5.74, 6) is -1.18. The fourth-order valence-electron chi connectivity index (χ4n) is 2.77. The summed E-state index contributed by atoms with van der Waals surface area (Å²) in [5.41, 5.74) is 4.12. The summed E-state index contributed by atoms with van der Waals surface area (Å²) >= 11 is 0.910. The van der Waals surface area contributed by atoms with E-state index in [2.05, 4.69) is 15.5 Å². The Labute approximate surface area is 187 Å². The molecule has 3 N–H and O–H groups in total. The number of carbonyl (C=O) groups excluding carboxylic acids is 1. The molecule has 0 spiro atoms. The van der Waals surface area contributed by atoms with Gasteiger partial charge in [-0.05, 0) is 38.1 Å². The molecule has 0 bridgehead atoms. The minimum absolute atomic E-state index is 0.100. The molecule has 3 rings (SSSR count). The zero-order chi connectivity index (χ0) is 23.1. The second kappa shape index (κ2) is 10.2. The van der Waals surface area contributed by atoms with Gasteiger partial charge in [-0.15, -0.1) is 11.3 Å². The number of aliphatic hydroxyl groups is 1. The van der Waals surface area contributed by atoms with E-state index in [0.717, 1.165) is 16.9 Å². The minimum Gasteiger partial charge on any atom is -0.493 e. The molecule has 3 aromatic rings. The van der Waals surface area contributed by atoms with Crippen LogP contribution in [0.1, 0.15) is 19.4 Å². The maximum atomic E-state index is 12.4. The van der Waals surface area contributed by atoms with Crippen LogP contribution in [-0.2, 0) is 9.53 Å². The summed E-state index contributed by atoms with van der Waals surface area (Å²) in [7, 11) is 0. The summed E-state index contributed by atoms with van der Waals surface area (Å²) in [6.07, 6.45) is 3.26. The second-order valence-corrected chi connectivity index (χ2v) is 7.36. The number of ether oxygens (including phenoxy) is 1. The number of hydrazone groups is 1. The standard InChI is InChI=1S/C22H20N6O3S/c1-3-31-22(30)17(13-23)21-28(16-7-5-4-6-8-16)19(24)18(32-21)20(29)27-26-14(2)15-9-11-25-12-10-15/h4-12,24,27,29H,3H2,1-2H3/b20-18+,21-17-,24-19?,26-14+. The first-order valence-electron chi connectivity index (χ1n) is 9.55. The van der Waals surface area contributed by atoms with Crippen molar-refractivity contribution in [2.75, 3.05) is 6.61 Å². The van der Waals surface area contributed by atoms with Gasteiger partial charge in [0.15, 0.2) is 11.1 Å². The van der Waals surface area contributed by atoms with E-state index >= 15 is 0 Å². The molecule has 0 radical (unpaired) electrons. The van der Waals surface area contributed by atoms with Crippen molar-refractivity contribution < 1.29 is 14.6 Å². The Hall–Kier alpha value is -4.23. The predicted molar refractivity (Wildman–Crippen MR) is 120 cm³/mol. The first kappa shape index (κ1) is 22.5. The number of aliphatic hydroxyl groups excluding tert-OH is 1. The Balaban J connectivity index is 2.22. The molecule has 1 aromatic carbocycles. The first-order chi connectivity index (χ1) is 15.5. The molecule has 0 saturated carbocycles. The highest BCUT2D eigenvalue weighted by Gasteiger charge is 2.18. The summed E-state index contributed by atoms with van der Waals surface area (Å²) in [4.78, 5) is 16.3. The Morgan fingerprint density at radius 2 is 2.00 bits per heavy atom. The lowest BCUT2D eigenvalue weighted by molar-refractivity contribution is -0.136. The van der Waals surface area contributed by atoms with Crippen LogP contribution in [0.15, 0.2) is 60.0 Å². The van der Waals surface area contributed by atoms with Gasteiger partial charge in [-0.2, -0.15) is 10.4 Å². The number of hydrogen-bond acceptors (Lipinski definition) is 9. The van der Waals surface area contributed by atoms with E-state index in [0.29, 0.717) is 11.4 Å². The van der Waals surface area contributed by atoms with Crippen molar-refractivity contribution in [2.45, 2.75) is 13.8 Å². The van der Waals surface area contributed by atoms with Gasteiger partial charge in [-0.1, -0.05) is 18.2 Å². The van der Waals surface area contributed by atoms with Crippen LogP contribution in [0.25, 0.3) is 17.1 Å². The summed E-state index contributed by atoms with van der Waals surface area (Å²) in [6, 6.07) is 14.2. The molecular weight excluding hydrogens is 428 g/mol. The van der Waals surface area contributed by atoms with E-state index in [4.69, 9.17) is 10.1 Å². The number of hydrogen-bond donors (Lipinski definition) is 3.